The van der Waals surface area contributed by atoms with Crippen molar-refractivity contribution in [2.75, 3.05) is 6.61 Å². The second-order valence-electron chi connectivity index (χ2n) is 7.45. The number of fused-ring (bicyclic) bond motifs is 1. The molecule has 1 aliphatic heterocycles. The van der Waals surface area contributed by atoms with Crippen molar-refractivity contribution >= 4 is 0 Å². The van der Waals surface area contributed by atoms with Crippen molar-refractivity contribution in [2.24, 2.45) is 0 Å². The maximum atomic E-state index is 14.2. The van der Waals surface area contributed by atoms with E-state index in [4.69, 9.17) is 9.72 Å². The van der Waals surface area contributed by atoms with Crippen molar-refractivity contribution in [3.63, 3.8) is 0 Å². The van der Waals surface area contributed by atoms with Crippen molar-refractivity contribution in [1.82, 2.24) is 4.98 Å². The van der Waals surface area contributed by atoms with Gasteiger partial charge < -0.3 is 4.74 Å². The van der Waals surface area contributed by atoms with Gasteiger partial charge in [0.1, 0.15) is 11.7 Å². The molecule has 1 aromatic carbocycles. The zero-order valence-electron chi connectivity index (χ0n) is 15.4. The van der Waals surface area contributed by atoms with Crippen molar-refractivity contribution in [3.05, 3.63) is 52.8 Å². The van der Waals surface area contributed by atoms with Gasteiger partial charge in [0, 0.05) is 30.7 Å². The number of alkyl halides is 2. The van der Waals surface area contributed by atoms with Crippen molar-refractivity contribution in [1.29, 1.82) is 5.26 Å². The highest BCUT2D eigenvalue weighted by Crippen LogP contribution is 2.45. The zero-order chi connectivity index (χ0) is 19.1. The molecule has 0 radical (unpaired) electrons. The van der Waals surface area contributed by atoms with Gasteiger partial charge in [-0.15, -0.1) is 0 Å². The molecule has 1 saturated heterocycles. The topological polar surface area (TPSA) is 45.9 Å². The summed E-state index contributed by atoms with van der Waals surface area (Å²) in [6.07, 6.45) is 2.07. The summed E-state index contributed by atoms with van der Waals surface area (Å²) in [6, 6.07) is 11.7. The molecule has 0 spiro atoms. The molecule has 27 heavy (non-hydrogen) atoms. The van der Waals surface area contributed by atoms with Crippen LogP contribution >= 0.6 is 0 Å². The van der Waals surface area contributed by atoms with E-state index < -0.39 is 11.5 Å². The van der Waals surface area contributed by atoms with Gasteiger partial charge in [0.25, 0.3) is 5.92 Å². The third-order valence-corrected chi connectivity index (χ3v) is 5.83. The number of hydrogen-bond donors (Lipinski definition) is 0. The van der Waals surface area contributed by atoms with E-state index in [0.29, 0.717) is 41.1 Å². The van der Waals surface area contributed by atoms with Crippen LogP contribution in [-0.4, -0.2) is 17.5 Å². The van der Waals surface area contributed by atoms with Gasteiger partial charge in [0.05, 0.1) is 11.3 Å². The van der Waals surface area contributed by atoms with Crippen molar-refractivity contribution in [3.8, 4) is 17.2 Å². The van der Waals surface area contributed by atoms with Crippen LogP contribution in [0.25, 0.3) is 11.1 Å². The number of nitrogens with zero attached hydrogens (tertiary/aromatic N) is 2. The van der Waals surface area contributed by atoms with Gasteiger partial charge in [-0.05, 0) is 36.8 Å². The summed E-state index contributed by atoms with van der Waals surface area (Å²) < 4.78 is 34.5. The lowest BCUT2D eigenvalue weighted by molar-refractivity contribution is -0.0147. The number of nitriles is 1. The molecule has 1 aromatic heterocycles. The SMILES string of the molecule is CCC1(c2nc3c(c(-c4ccccc4)c2C#N)CC(F)(F)CC3)CCCO1. The molecule has 2 aromatic rings. The van der Waals surface area contributed by atoms with Crippen LogP contribution in [-0.2, 0) is 23.2 Å². The highest BCUT2D eigenvalue weighted by atomic mass is 19.3. The number of benzene rings is 1. The molecule has 2 heterocycles. The Hall–Kier alpha value is -2.32. The lowest BCUT2D eigenvalue weighted by Crippen LogP contribution is -2.32. The molecule has 1 fully saturated rings. The van der Waals surface area contributed by atoms with E-state index in [1.807, 2.05) is 37.3 Å². The molecular formula is C22H22F2N2O. The summed E-state index contributed by atoms with van der Waals surface area (Å²) in [5, 5.41) is 10.0. The third kappa shape index (κ3) is 3.02. The van der Waals surface area contributed by atoms with E-state index in [-0.39, 0.29) is 19.3 Å². The Balaban J connectivity index is 2.03. The summed E-state index contributed by atoms with van der Waals surface area (Å²) in [4.78, 5) is 4.78. The van der Waals surface area contributed by atoms with Crippen LogP contribution in [0.15, 0.2) is 30.3 Å². The Morgan fingerprint density at radius 3 is 2.63 bits per heavy atom. The predicted molar refractivity (Wildman–Crippen MR) is 98.5 cm³/mol. The summed E-state index contributed by atoms with van der Waals surface area (Å²) >= 11 is 0. The van der Waals surface area contributed by atoms with Gasteiger partial charge in [-0.1, -0.05) is 37.3 Å². The van der Waals surface area contributed by atoms with Crippen LogP contribution in [0.2, 0.25) is 0 Å². The molecule has 1 atom stereocenters. The van der Waals surface area contributed by atoms with Crippen LogP contribution in [0.5, 0.6) is 0 Å². The number of rotatable bonds is 3. The minimum absolute atomic E-state index is 0.202. The van der Waals surface area contributed by atoms with Gasteiger partial charge in [0.2, 0.25) is 0 Å². The summed E-state index contributed by atoms with van der Waals surface area (Å²) in [5.74, 6) is -2.77. The van der Waals surface area contributed by atoms with Gasteiger partial charge in [0.15, 0.2) is 0 Å². The summed E-state index contributed by atoms with van der Waals surface area (Å²) in [6.45, 7) is 2.67. The quantitative estimate of drug-likeness (QED) is 0.752. The standard InChI is InChI=1S/C22H22F2N2O/c1-2-21(10-6-12-27-21)20-17(14-25)19(15-7-4-3-5-8-15)16-13-22(23,24)11-9-18(16)26-20/h3-5,7-8H,2,6,9-13H2,1H3. The maximum Gasteiger partial charge on any atom is 0.252 e. The second kappa shape index (κ2) is 6.69. The van der Waals surface area contributed by atoms with Crippen LogP contribution < -0.4 is 0 Å². The van der Waals surface area contributed by atoms with Crippen LogP contribution in [0.3, 0.4) is 0 Å². The molecule has 1 unspecified atom stereocenters. The average Bonchev–Trinajstić information content (AvgIpc) is 3.17. The summed E-state index contributed by atoms with van der Waals surface area (Å²) in [7, 11) is 0. The maximum absolute atomic E-state index is 14.2. The molecule has 0 amide bonds. The van der Waals surface area contributed by atoms with E-state index in [0.717, 1.165) is 18.4 Å². The predicted octanol–water partition coefficient (Wildman–Crippen LogP) is 5.16. The smallest absolute Gasteiger partial charge is 0.252 e. The first-order chi connectivity index (χ1) is 13.0. The number of aromatic nitrogens is 1. The van der Waals surface area contributed by atoms with Crippen molar-refractivity contribution in [2.45, 2.75) is 57.0 Å². The highest BCUT2D eigenvalue weighted by molar-refractivity contribution is 5.76. The normalized spacial score (nSPS) is 23.6. The third-order valence-electron chi connectivity index (χ3n) is 5.83. The van der Waals surface area contributed by atoms with Gasteiger partial charge in [-0.25, -0.2) is 8.78 Å². The van der Waals surface area contributed by atoms with E-state index >= 15 is 0 Å². The first kappa shape index (κ1) is 18.1. The highest BCUT2D eigenvalue weighted by Gasteiger charge is 2.43. The fraction of sp³-hybridized carbons (Fsp3) is 0.455. The molecule has 140 valence electrons. The molecule has 1 aliphatic carbocycles. The number of pyridine rings is 1. The number of halogens is 2. The Morgan fingerprint density at radius 1 is 1.22 bits per heavy atom. The Morgan fingerprint density at radius 2 is 2.00 bits per heavy atom. The van der Waals surface area contributed by atoms with Gasteiger partial charge in [-0.2, -0.15) is 5.26 Å². The molecule has 3 nitrogen and oxygen atoms in total. The van der Waals surface area contributed by atoms with Crippen molar-refractivity contribution < 1.29 is 13.5 Å². The monoisotopic (exact) mass is 368 g/mol. The van der Waals surface area contributed by atoms with E-state index in [9.17, 15) is 14.0 Å². The van der Waals surface area contributed by atoms with E-state index in [1.54, 1.807) is 0 Å². The second-order valence-corrected chi connectivity index (χ2v) is 7.45. The first-order valence-electron chi connectivity index (χ1n) is 9.53. The largest absolute Gasteiger partial charge is 0.369 e. The van der Waals surface area contributed by atoms with Crippen LogP contribution in [0, 0.1) is 11.3 Å². The lowest BCUT2D eigenvalue weighted by Gasteiger charge is -2.32. The Kier molecular flexibility index (Phi) is 4.47. The Bertz CT molecular complexity index is 897. The molecule has 5 heteroatoms. The Labute approximate surface area is 158 Å². The minimum atomic E-state index is -2.77. The number of aryl methyl sites for hydroxylation is 1. The van der Waals surface area contributed by atoms with E-state index in [2.05, 4.69) is 6.07 Å². The summed E-state index contributed by atoms with van der Waals surface area (Å²) in [5.41, 5.74) is 3.04. The van der Waals surface area contributed by atoms with Crippen LogP contribution in [0.1, 0.15) is 55.1 Å². The van der Waals surface area contributed by atoms with E-state index in [1.165, 1.54) is 0 Å². The lowest BCUT2D eigenvalue weighted by atomic mass is 9.80. The molecule has 4 rings (SSSR count). The van der Waals surface area contributed by atoms with Gasteiger partial charge in [-0.3, -0.25) is 4.98 Å². The molecule has 0 bridgehead atoms. The molecule has 0 saturated carbocycles. The van der Waals surface area contributed by atoms with Gasteiger partial charge >= 0.3 is 0 Å². The molecular weight excluding hydrogens is 346 g/mol. The first-order valence-corrected chi connectivity index (χ1v) is 9.53. The molecule has 0 N–H and O–H groups in total. The fourth-order valence-electron chi connectivity index (χ4n) is 4.41. The number of ether oxygens (including phenoxy) is 1. The molecule has 2 aliphatic rings. The zero-order valence-corrected chi connectivity index (χ0v) is 15.4. The number of hydrogen-bond acceptors (Lipinski definition) is 3. The fourth-order valence-corrected chi connectivity index (χ4v) is 4.41. The van der Waals surface area contributed by atoms with Crippen LogP contribution in [0.4, 0.5) is 8.78 Å². The minimum Gasteiger partial charge on any atom is -0.369 e. The average molecular weight is 368 g/mol.